The van der Waals surface area contributed by atoms with Crippen LogP contribution in [0.2, 0.25) is 0 Å². The lowest BCUT2D eigenvalue weighted by Crippen LogP contribution is -2.53. The van der Waals surface area contributed by atoms with Crippen molar-refractivity contribution >= 4 is 38.7 Å². The van der Waals surface area contributed by atoms with Gasteiger partial charge in [-0.15, -0.1) is 0 Å². The summed E-state index contributed by atoms with van der Waals surface area (Å²) in [5.41, 5.74) is 0.642. The van der Waals surface area contributed by atoms with E-state index in [2.05, 4.69) is 10.3 Å². The minimum absolute atomic E-state index is 0.00757. The van der Waals surface area contributed by atoms with Gasteiger partial charge in [-0.2, -0.15) is 9.04 Å². The first-order chi connectivity index (χ1) is 19.1. The van der Waals surface area contributed by atoms with Gasteiger partial charge in [0.15, 0.2) is 12.0 Å². The normalized spacial score (nSPS) is 20.1. The lowest BCUT2D eigenvalue weighted by Gasteiger charge is -2.28. The third-order valence-electron chi connectivity index (χ3n) is 7.09. The molecule has 2 saturated heterocycles. The van der Waals surface area contributed by atoms with Gasteiger partial charge < -0.3 is 20.2 Å². The summed E-state index contributed by atoms with van der Waals surface area (Å²) in [5, 5.41) is 15.2. The molecule has 1 aromatic carbocycles. The Kier molecular flexibility index (Phi) is 7.43. The summed E-state index contributed by atoms with van der Waals surface area (Å²) in [4.78, 5) is 45.2. The van der Waals surface area contributed by atoms with Gasteiger partial charge in [-0.05, 0) is 37.0 Å². The zero-order valence-electron chi connectivity index (χ0n) is 22.0. The summed E-state index contributed by atoms with van der Waals surface area (Å²) in [6.07, 6.45) is 0.682. The van der Waals surface area contributed by atoms with E-state index in [1.807, 2.05) is 32.0 Å². The largest absolute Gasteiger partial charge is 0.618 e. The second-order valence-electron chi connectivity index (χ2n) is 10.3. The second kappa shape index (κ2) is 10.8. The van der Waals surface area contributed by atoms with E-state index in [0.29, 0.717) is 5.52 Å². The molecule has 210 valence electrons. The lowest BCUT2D eigenvalue weighted by atomic mass is 10.0. The highest BCUT2D eigenvalue weighted by atomic mass is 32.2. The fraction of sp³-hybridized carbons (Fsp3) is 0.370. The van der Waals surface area contributed by atoms with Crippen LogP contribution in [0.1, 0.15) is 26.7 Å². The third-order valence-corrected chi connectivity index (χ3v) is 8.95. The minimum Gasteiger partial charge on any atom is -0.618 e. The summed E-state index contributed by atoms with van der Waals surface area (Å²) in [7, 11) is -4.29. The monoisotopic (exact) mass is 567 g/mol. The molecule has 0 bridgehead atoms. The highest BCUT2D eigenvalue weighted by Crippen LogP contribution is 2.34. The molecule has 2 amide bonds. The summed E-state index contributed by atoms with van der Waals surface area (Å²) < 4.78 is 33.1. The molecule has 0 aliphatic carbocycles. The number of carbonyl (C=O) groups excluding carboxylic acids is 3. The summed E-state index contributed by atoms with van der Waals surface area (Å²) in [5.74, 6) is -0.875. The molecule has 0 radical (unpaired) electrons. The number of fused-ring (bicyclic) bond motifs is 2. The number of nitrogens with one attached hydrogen (secondary N) is 1. The maximum Gasteiger partial charge on any atom is 0.414 e. The zero-order chi connectivity index (χ0) is 28.6. The first kappa shape index (κ1) is 27.5. The number of ketones is 1. The van der Waals surface area contributed by atoms with E-state index in [9.17, 15) is 28.0 Å². The Labute approximate surface area is 231 Å². The zero-order valence-corrected chi connectivity index (χ0v) is 22.8. The van der Waals surface area contributed by atoms with Crippen LogP contribution in [0.4, 0.5) is 4.79 Å². The van der Waals surface area contributed by atoms with Crippen LogP contribution in [-0.4, -0.2) is 71.6 Å². The lowest BCUT2D eigenvalue weighted by molar-refractivity contribution is -0.646. The van der Waals surface area contributed by atoms with E-state index in [1.54, 1.807) is 18.2 Å². The minimum atomic E-state index is -4.29. The maximum absolute atomic E-state index is 13.7. The molecule has 3 atom stereocenters. The molecule has 2 fully saturated rings. The number of benzene rings is 1. The van der Waals surface area contributed by atoms with Crippen LogP contribution in [0.5, 0.6) is 5.88 Å². The Morgan fingerprint density at radius 3 is 2.65 bits per heavy atom. The molecule has 2 aromatic heterocycles. The molecule has 4 heterocycles. The van der Waals surface area contributed by atoms with E-state index < -0.39 is 57.5 Å². The van der Waals surface area contributed by atoms with Crippen LogP contribution in [0, 0.1) is 11.1 Å². The van der Waals surface area contributed by atoms with Gasteiger partial charge in [-0.1, -0.05) is 32.0 Å². The smallest absolute Gasteiger partial charge is 0.414 e. The standard InChI is InChI=1S/C27H29N5O7S/c1-17(2)15-20(29-27(35)39-23-11-10-18-7-3-4-8-19(18)28-23)26(34)30-14-12-21-25(30)22(33)16-32(21)40(37,38)24-9-5-6-13-31(24)36/h3-11,13,17,20-21,25H,12,14-16H2,1-2H3,(H,29,35). The number of rotatable bonds is 7. The highest BCUT2D eigenvalue weighted by molar-refractivity contribution is 7.89. The van der Waals surface area contributed by atoms with Gasteiger partial charge in [0.1, 0.15) is 12.1 Å². The van der Waals surface area contributed by atoms with Gasteiger partial charge in [0, 0.05) is 30.1 Å². The number of sulfonamides is 1. The van der Waals surface area contributed by atoms with Crippen molar-refractivity contribution in [3.05, 3.63) is 66.0 Å². The number of ether oxygens (including phenoxy) is 1. The first-order valence-corrected chi connectivity index (χ1v) is 14.4. The van der Waals surface area contributed by atoms with Crippen LogP contribution >= 0.6 is 0 Å². The van der Waals surface area contributed by atoms with Crippen molar-refractivity contribution in [2.75, 3.05) is 13.1 Å². The van der Waals surface area contributed by atoms with Gasteiger partial charge in [-0.3, -0.25) is 9.59 Å². The van der Waals surface area contributed by atoms with Crippen LogP contribution in [0.15, 0.2) is 65.8 Å². The number of carbonyl (C=O) groups is 3. The van der Waals surface area contributed by atoms with Crippen LogP contribution in [-0.2, 0) is 19.6 Å². The molecule has 40 heavy (non-hydrogen) atoms. The topological polar surface area (TPSA) is 153 Å². The predicted octanol–water partition coefficient (Wildman–Crippen LogP) is 1.61. The number of likely N-dealkylation sites (tertiary alicyclic amines) is 1. The number of para-hydroxylation sites is 1. The molecule has 1 N–H and O–H groups in total. The number of amides is 2. The van der Waals surface area contributed by atoms with E-state index in [-0.39, 0.29) is 35.9 Å². The van der Waals surface area contributed by atoms with E-state index in [4.69, 9.17) is 4.74 Å². The third kappa shape index (κ3) is 5.21. The van der Waals surface area contributed by atoms with Gasteiger partial charge >= 0.3 is 21.1 Å². The molecule has 5 rings (SSSR count). The quantitative estimate of drug-likeness (QED) is 0.334. The van der Waals surface area contributed by atoms with Gasteiger partial charge in [0.25, 0.3) is 0 Å². The Hall–Kier alpha value is -4.10. The van der Waals surface area contributed by atoms with Crippen LogP contribution < -0.4 is 14.8 Å². The van der Waals surface area contributed by atoms with Crippen LogP contribution in [0.3, 0.4) is 0 Å². The molecular weight excluding hydrogens is 538 g/mol. The molecule has 0 spiro atoms. The average Bonchev–Trinajstić information content (AvgIpc) is 3.49. The summed E-state index contributed by atoms with van der Waals surface area (Å²) in [6.45, 7) is 3.44. The fourth-order valence-corrected chi connectivity index (χ4v) is 6.99. The molecule has 3 unspecified atom stereocenters. The molecule has 13 heteroatoms. The Morgan fingerprint density at radius 1 is 1.15 bits per heavy atom. The Morgan fingerprint density at radius 2 is 1.90 bits per heavy atom. The number of Topliss-reactive ketones (excluding diaryl/α,β-unsaturated/α-hetero) is 1. The second-order valence-corrected chi connectivity index (χ2v) is 12.1. The van der Waals surface area contributed by atoms with Crippen molar-refractivity contribution in [3.8, 4) is 5.88 Å². The number of nitrogens with zero attached hydrogens (tertiary/aromatic N) is 4. The molecule has 12 nitrogen and oxygen atoms in total. The molecule has 0 saturated carbocycles. The van der Waals surface area contributed by atoms with Gasteiger partial charge in [0.05, 0.1) is 18.1 Å². The Bertz CT molecular complexity index is 1580. The van der Waals surface area contributed by atoms with Crippen molar-refractivity contribution in [2.24, 2.45) is 5.92 Å². The number of hydrogen-bond donors (Lipinski definition) is 1. The van der Waals surface area contributed by atoms with E-state index in [0.717, 1.165) is 15.9 Å². The van der Waals surface area contributed by atoms with Crippen molar-refractivity contribution in [1.29, 1.82) is 0 Å². The van der Waals surface area contributed by atoms with Gasteiger partial charge in [-0.25, -0.2) is 18.2 Å². The van der Waals surface area contributed by atoms with E-state index >= 15 is 0 Å². The Balaban J connectivity index is 1.32. The highest BCUT2D eigenvalue weighted by Gasteiger charge is 2.55. The summed E-state index contributed by atoms with van der Waals surface area (Å²) in [6, 6.07) is 11.8. The summed E-state index contributed by atoms with van der Waals surface area (Å²) >= 11 is 0. The van der Waals surface area contributed by atoms with Gasteiger partial charge in [0.2, 0.25) is 11.8 Å². The molecule has 3 aromatic rings. The van der Waals surface area contributed by atoms with Crippen molar-refractivity contribution in [3.63, 3.8) is 0 Å². The number of aromatic nitrogens is 2. The van der Waals surface area contributed by atoms with Crippen LogP contribution in [0.25, 0.3) is 10.9 Å². The average molecular weight is 568 g/mol. The van der Waals surface area contributed by atoms with E-state index in [1.165, 1.54) is 23.1 Å². The number of pyridine rings is 2. The molecular formula is C27H29N5O7S. The fourth-order valence-electron chi connectivity index (χ4n) is 5.34. The van der Waals surface area contributed by atoms with Crippen molar-refractivity contribution in [1.82, 2.24) is 19.5 Å². The van der Waals surface area contributed by atoms with Crippen molar-refractivity contribution in [2.45, 2.75) is 49.8 Å². The molecule has 2 aliphatic rings. The molecule has 2 aliphatic heterocycles. The maximum atomic E-state index is 13.7. The first-order valence-electron chi connectivity index (χ1n) is 12.9. The van der Waals surface area contributed by atoms with Crippen molar-refractivity contribution < 1.29 is 32.3 Å². The SMILES string of the molecule is CC(C)CC(NC(=O)Oc1ccc2ccccc2n1)C(=O)N1CCC2C1C(=O)CN2S(=O)(=O)c1cccc[n+]1[O-]. The number of hydrogen-bond acceptors (Lipinski definition) is 8. The predicted molar refractivity (Wildman–Crippen MR) is 142 cm³/mol.